The Morgan fingerprint density at radius 3 is 2.64 bits per heavy atom. The minimum absolute atomic E-state index is 0.185. The average Bonchev–Trinajstić information content (AvgIpc) is 2.67. The molecule has 5 nitrogen and oxygen atoms in total. The van der Waals surface area contributed by atoms with E-state index in [1.807, 2.05) is 6.07 Å². The van der Waals surface area contributed by atoms with Crippen LogP contribution in [-0.4, -0.2) is 28.9 Å². The van der Waals surface area contributed by atoms with E-state index in [1.165, 1.54) is 31.4 Å². The van der Waals surface area contributed by atoms with Crippen molar-refractivity contribution in [2.75, 3.05) is 16.8 Å². The van der Waals surface area contributed by atoms with Crippen molar-refractivity contribution in [3.63, 3.8) is 0 Å². The lowest BCUT2D eigenvalue weighted by Gasteiger charge is -2.30. The van der Waals surface area contributed by atoms with Gasteiger partial charge in [0, 0.05) is 25.2 Å². The van der Waals surface area contributed by atoms with Gasteiger partial charge in [-0.05, 0) is 42.5 Å². The molecule has 150 valence electrons. The largest absolute Gasteiger partial charge is 0.573 e. The zero-order valence-corrected chi connectivity index (χ0v) is 15.5. The van der Waals surface area contributed by atoms with Crippen molar-refractivity contribution in [2.45, 2.75) is 57.5 Å². The summed E-state index contributed by atoms with van der Waals surface area (Å²) in [5.74, 6) is 1.40. The van der Waals surface area contributed by atoms with Gasteiger partial charge < -0.3 is 15.0 Å². The van der Waals surface area contributed by atoms with Gasteiger partial charge in [0.2, 0.25) is 0 Å². The van der Waals surface area contributed by atoms with Crippen LogP contribution in [0.3, 0.4) is 0 Å². The molecule has 0 bridgehead atoms. The number of nitrogens with zero attached hydrogens (tertiary/aromatic N) is 3. The normalized spacial score (nSPS) is 17.9. The Kier molecular flexibility index (Phi) is 5.28. The summed E-state index contributed by atoms with van der Waals surface area (Å²) in [5.41, 5.74) is 1.87. The maximum absolute atomic E-state index is 12.5. The molecule has 1 aromatic carbocycles. The molecule has 0 spiro atoms. The van der Waals surface area contributed by atoms with E-state index in [2.05, 4.69) is 24.9 Å². The number of nitrogens with one attached hydrogen (secondary N) is 1. The molecule has 0 atom stereocenters. The number of halogens is 3. The van der Waals surface area contributed by atoms with Gasteiger partial charge in [0.05, 0.1) is 0 Å². The van der Waals surface area contributed by atoms with Crippen LogP contribution in [-0.2, 0) is 13.0 Å². The molecule has 1 aliphatic heterocycles. The Labute approximate surface area is 161 Å². The van der Waals surface area contributed by atoms with Crippen molar-refractivity contribution in [2.24, 2.45) is 0 Å². The molecule has 0 unspecified atom stereocenters. The quantitative estimate of drug-likeness (QED) is 0.819. The number of ether oxygens (including phenoxy) is 1. The van der Waals surface area contributed by atoms with Gasteiger partial charge in [-0.2, -0.15) is 0 Å². The third kappa shape index (κ3) is 4.66. The molecule has 4 rings (SSSR count). The summed E-state index contributed by atoms with van der Waals surface area (Å²) >= 11 is 0. The lowest BCUT2D eigenvalue weighted by atomic mass is 9.95. The van der Waals surface area contributed by atoms with Gasteiger partial charge in [0.25, 0.3) is 0 Å². The van der Waals surface area contributed by atoms with Gasteiger partial charge in [-0.3, -0.25) is 0 Å². The number of hydrogen-bond acceptors (Lipinski definition) is 5. The van der Waals surface area contributed by atoms with E-state index < -0.39 is 6.36 Å². The lowest BCUT2D eigenvalue weighted by molar-refractivity contribution is -0.274. The minimum Gasteiger partial charge on any atom is -0.406 e. The van der Waals surface area contributed by atoms with Crippen LogP contribution in [0.1, 0.15) is 43.2 Å². The first-order valence-corrected chi connectivity index (χ1v) is 9.67. The van der Waals surface area contributed by atoms with E-state index in [1.54, 1.807) is 12.4 Å². The first-order chi connectivity index (χ1) is 13.5. The molecule has 1 saturated carbocycles. The SMILES string of the molecule is FC(F)(F)Oc1ccc2c(c1)CN(c1cc(NC3CCCCC3)ncn1)CC2. The van der Waals surface area contributed by atoms with Crippen LogP contribution in [0.4, 0.5) is 24.8 Å². The van der Waals surface area contributed by atoms with E-state index >= 15 is 0 Å². The van der Waals surface area contributed by atoms with Crippen molar-refractivity contribution >= 4 is 11.6 Å². The fourth-order valence-corrected chi connectivity index (χ4v) is 3.98. The van der Waals surface area contributed by atoms with Crippen molar-refractivity contribution in [1.82, 2.24) is 9.97 Å². The predicted molar refractivity (Wildman–Crippen MR) is 100 cm³/mol. The fraction of sp³-hybridized carbons (Fsp3) is 0.500. The maximum atomic E-state index is 12.5. The molecule has 0 amide bonds. The number of hydrogen-bond donors (Lipinski definition) is 1. The Balaban J connectivity index is 1.47. The molecule has 2 heterocycles. The van der Waals surface area contributed by atoms with Crippen molar-refractivity contribution in [3.8, 4) is 5.75 Å². The maximum Gasteiger partial charge on any atom is 0.573 e. The fourth-order valence-electron chi connectivity index (χ4n) is 3.98. The van der Waals surface area contributed by atoms with E-state index in [0.717, 1.165) is 48.6 Å². The number of aromatic nitrogens is 2. The van der Waals surface area contributed by atoms with Crippen LogP contribution in [0.15, 0.2) is 30.6 Å². The van der Waals surface area contributed by atoms with Gasteiger partial charge in [-0.25, -0.2) is 9.97 Å². The van der Waals surface area contributed by atoms with Gasteiger partial charge in [0.1, 0.15) is 23.7 Å². The van der Waals surface area contributed by atoms with Crippen LogP contribution in [0.5, 0.6) is 5.75 Å². The number of benzene rings is 1. The second kappa shape index (κ2) is 7.85. The minimum atomic E-state index is -4.69. The summed E-state index contributed by atoms with van der Waals surface area (Å²) in [4.78, 5) is 10.8. The zero-order valence-electron chi connectivity index (χ0n) is 15.5. The van der Waals surface area contributed by atoms with Crippen molar-refractivity contribution < 1.29 is 17.9 Å². The Bertz CT molecular complexity index is 821. The molecule has 0 radical (unpaired) electrons. The Hall–Kier alpha value is -2.51. The molecule has 1 aromatic heterocycles. The highest BCUT2D eigenvalue weighted by molar-refractivity contribution is 5.51. The Morgan fingerprint density at radius 2 is 1.86 bits per heavy atom. The molecular formula is C20H23F3N4O. The summed E-state index contributed by atoms with van der Waals surface area (Å²) < 4.78 is 41.5. The first kappa shape index (κ1) is 18.8. The van der Waals surface area contributed by atoms with Crippen LogP contribution < -0.4 is 15.0 Å². The third-order valence-electron chi connectivity index (χ3n) is 5.36. The van der Waals surface area contributed by atoms with Crippen LogP contribution in [0.25, 0.3) is 0 Å². The number of fused-ring (bicyclic) bond motifs is 1. The average molecular weight is 392 g/mol. The van der Waals surface area contributed by atoms with Gasteiger partial charge in [-0.1, -0.05) is 25.3 Å². The molecule has 2 aliphatic rings. The number of alkyl halides is 3. The zero-order chi connectivity index (χ0) is 19.6. The van der Waals surface area contributed by atoms with Crippen molar-refractivity contribution in [1.29, 1.82) is 0 Å². The first-order valence-electron chi connectivity index (χ1n) is 9.67. The predicted octanol–water partition coefficient (Wildman–Crippen LogP) is 4.68. The highest BCUT2D eigenvalue weighted by Crippen LogP contribution is 2.30. The molecule has 0 saturated heterocycles. The second-order valence-corrected chi connectivity index (χ2v) is 7.39. The molecule has 1 aliphatic carbocycles. The molecule has 28 heavy (non-hydrogen) atoms. The summed E-state index contributed by atoms with van der Waals surface area (Å²) in [6.45, 7) is 1.25. The van der Waals surface area contributed by atoms with E-state index in [0.29, 0.717) is 12.6 Å². The summed E-state index contributed by atoms with van der Waals surface area (Å²) in [7, 11) is 0. The van der Waals surface area contributed by atoms with Crippen LogP contribution in [0.2, 0.25) is 0 Å². The molecular weight excluding hydrogens is 369 g/mol. The third-order valence-corrected chi connectivity index (χ3v) is 5.36. The summed E-state index contributed by atoms with van der Waals surface area (Å²) in [6.07, 6.45) is 3.67. The lowest BCUT2D eigenvalue weighted by Crippen LogP contribution is -2.31. The smallest absolute Gasteiger partial charge is 0.406 e. The van der Waals surface area contributed by atoms with E-state index in [-0.39, 0.29) is 5.75 Å². The monoisotopic (exact) mass is 392 g/mol. The highest BCUT2D eigenvalue weighted by atomic mass is 19.4. The van der Waals surface area contributed by atoms with Gasteiger partial charge in [0.15, 0.2) is 0 Å². The standard InChI is InChI=1S/C20H23F3N4O/c21-20(22,23)28-17-7-6-14-8-9-27(12-15(14)10-17)19-11-18(24-13-25-19)26-16-4-2-1-3-5-16/h6-7,10-11,13,16H,1-5,8-9,12H2,(H,24,25,26). The number of anilines is 2. The topological polar surface area (TPSA) is 50.3 Å². The molecule has 2 aromatic rings. The summed E-state index contributed by atoms with van der Waals surface area (Å²) in [6, 6.07) is 6.93. The van der Waals surface area contributed by atoms with Gasteiger partial charge in [-0.15, -0.1) is 13.2 Å². The van der Waals surface area contributed by atoms with Crippen LogP contribution >= 0.6 is 0 Å². The van der Waals surface area contributed by atoms with Crippen molar-refractivity contribution in [3.05, 3.63) is 41.7 Å². The number of rotatable bonds is 4. The van der Waals surface area contributed by atoms with Gasteiger partial charge >= 0.3 is 6.36 Å². The Morgan fingerprint density at radius 1 is 1.04 bits per heavy atom. The molecule has 8 heteroatoms. The van der Waals surface area contributed by atoms with E-state index in [9.17, 15) is 13.2 Å². The second-order valence-electron chi connectivity index (χ2n) is 7.39. The van der Waals surface area contributed by atoms with Crippen LogP contribution in [0, 0.1) is 0 Å². The summed E-state index contributed by atoms with van der Waals surface area (Å²) in [5, 5.41) is 3.49. The van der Waals surface area contributed by atoms with E-state index in [4.69, 9.17) is 0 Å². The molecule has 1 N–H and O–H groups in total. The highest BCUT2D eigenvalue weighted by Gasteiger charge is 2.31. The molecule has 1 fully saturated rings.